The molecule has 0 aromatic heterocycles. The number of carbonyl (C=O) groups excluding carboxylic acids is 2. The molecule has 122 valence electrons. The first kappa shape index (κ1) is 18.2. The maximum Gasteiger partial charge on any atom is 0.241 e. The van der Waals surface area contributed by atoms with Crippen molar-refractivity contribution in [1.82, 2.24) is 0 Å². The molecule has 22 heavy (non-hydrogen) atoms. The fraction of sp³-hybridized carbons (Fsp3) is 0.529. The van der Waals surface area contributed by atoms with Gasteiger partial charge in [0.2, 0.25) is 11.8 Å². The first-order chi connectivity index (χ1) is 10.1. The number of carbonyl (C=O) groups is 2. The van der Waals surface area contributed by atoms with Crippen molar-refractivity contribution in [3.8, 4) is 0 Å². The van der Waals surface area contributed by atoms with Crippen LogP contribution in [0.3, 0.4) is 0 Å². The highest BCUT2D eigenvalue weighted by atomic mass is 16.2. The van der Waals surface area contributed by atoms with Crippen molar-refractivity contribution in [2.24, 2.45) is 17.1 Å². The molecule has 5 nitrogen and oxygen atoms in total. The summed E-state index contributed by atoms with van der Waals surface area (Å²) in [4.78, 5) is 23.7. The highest BCUT2D eigenvalue weighted by Crippen LogP contribution is 2.20. The van der Waals surface area contributed by atoms with E-state index in [1.807, 2.05) is 34.6 Å². The average Bonchev–Trinajstić information content (AvgIpc) is 2.38. The Morgan fingerprint density at radius 2 is 1.50 bits per heavy atom. The predicted molar refractivity (Wildman–Crippen MR) is 90.6 cm³/mol. The molecule has 1 aromatic rings. The quantitative estimate of drug-likeness (QED) is 0.782. The second-order valence-electron chi connectivity index (χ2n) is 7.06. The smallest absolute Gasteiger partial charge is 0.241 e. The van der Waals surface area contributed by atoms with Crippen LogP contribution in [0.5, 0.6) is 0 Å². The Morgan fingerprint density at radius 1 is 1.05 bits per heavy atom. The molecule has 0 fully saturated rings. The van der Waals surface area contributed by atoms with E-state index < -0.39 is 6.04 Å². The minimum absolute atomic E-state index is 0.0125. The lowest BCUT2D eigenvalue weighted by Gasteiger charge is -2.25. The van der Waals surface area contributed by atoms with Crippen LogP contribution in [-0.4, -0.2) is 17.9 Å². The van der Waals surface area contributed by atoms with E-state index >= 15 is 0 Å². The monoisotopic (exact) mass is 305 g/mol. The van der Waals surface area contributed by atoms with Crippen LogP contribution in [0.1, 0.15) is 41.0 Å². The van der Waals surface area contributed by atoms with Crippen LogP contribution < -0.4 is 16.4 Å². The van der Waals surface area contributed by atoms with E-state index in [4.69, 9.17) is 5.73 Å². The van der Waals surface area contributed by atoms with Gasteiger partial charge in [0.1, 0.15) is 0 Å². The number of nitrogens with one attached hydrogen (secondary N) is 2. The summed E-state index contributed by atoms with van der Waals surface area (Å²) in [5, 5.41) is 5.61. The van der Waals surface area contributed by atoms with E-state index in [0.717, 1.165) is 0 Å². The summed E-state index contributed by atoms with van der Waals surface area (Å²) in [5.74, 6) is 0.0862. The molecular formula is C17H27N3O2. The third-order valence-electron chi connectivity index (χ3n) is 3.25. The zero-order chi connectivity index (χ0) is 16.9. The molecule has 1 rings (SSSR count). The Kier molecular flexibility index (Phi) is 6.11. The van der Waals surface area contributed by atoms with Crippen LogP contribution >= 0.6 is 0 Å². The van der Waals surface area contributed by atoms with E-state index in [2.05, 4.69) is 10.6 Å². The summed E-state index contributed by atoms with van der Waals surface area (Å²) in [6, 6.07) is 6.43. The normalized spacial score (nSPS) is 12.9. The van der Waals surface area contributed by atoms with Gasteiger partial charge >= 0.3 is 0 Å². The van der Waals surface area contributed by atoms with Gasteiger partial charge in [0.15, 0.2) is 0 Å². The van der Waals surface area contributed by atoms with Gasteiger partial charge < -0.3 is 16.4 Å². The molecule has 0 bridgehead atoms. The fourth-order valence-corrected chi connectivity index (χ4v) is 1.83. The van der Waals surface area contributed by atoms with Crippen molar-refractivity contribution in [1.29, 1.82) is 0 Å². The molecule has 0 aliphatic rings. The molecule has 0 heterocycles. The zero-order valence-electron chi connectivity index (χ0n) is 14.1. The van der Waals surface area contributed by atoms with Gasteiger partial charge in [0.05, 0.1) is 6.04 Å². The lowest BCUT2D eigenvalue weighted by Crippen LogP contribution is -2.45. The number of anilines is 2. The maximum absolute atomic E-state index is 12.0. The lowest BCUT2D eigenvalue weighted by atomic mass is 9.87. The van der Waals surface area contributed by atoms with E-state index in [9.17, 15) is 9.59 Å². The Balaban J connectivity index is 2.62. The van der Waals surface area contributed by atoms with Crippen LogP contribution in [0.2, 0.25) is 0 Å². The standard InChI is InChI=1S/C17H27N3O2/c1-11(2)10-14(21)19-12-6-8-13(9-7-12)20-16(22)15(18)17(3,4)5/h6-9,11,15H,10,18H2,1-5H3,(H,19,21)(H,20,22)/t15-/m1/s1. The van der Waals surface area contributed by atoms with Crippen molar-refractivity contribution < 1.29 is 9.59 Å². The number of benzene rings is 1. The summed E-state index contributed by atoms with van der Waals surface area (Å²) in [6.07, 6.45) is 0.485. The highest BCUT2D eigenvalue weighted by molar-refractivity contribution is 5.96. The Hall–Kier alpha value is -1.88. The Bertz CT molecular complexity index is 516. The number of hydrogen-bond donors (Lipinski definition) is 3. The van der Waals surface area contributed by atoms with E-state index in [-0.39, 0.29) is 17.2 Å². The van der Waals surface area contributed by atoms with Crippen LogP contribution in [-0.2, 0) is 9.59 Å². The maximum atomic E-state index is 12.0. The Morgan fingerprint density at radius 3 is 1.91 bits per heavy atom. The first-order valence-electron chi connectivity index (χ1n) is 7.56. The third kappa shape index (κ3) is 5.85. The molecule has 0 radical (unpaired) electrons. The van der Waals surface area contributed by atoms with Gasteiger partial charge in [-0.1, -0.05) is 34.6 Å². The van der Waals surface area contributed by atoms with Crippen LogP contribution in [0, 0.1) is 11.3 Å². The minimum Gasteiger partial charge on any atom is -0.326 e. The van der Waals surface area contributed by atoms with Crippen molar-refractivity contribution >= 4 is 23.2 Å². The van der Waals surface area contributed by atoms with Crippen molar-refractivity contribution in [2.75, 3.05) is 10.6 Å². The molecule has 1 aromatic carbocycles. The summed E-state index contributed by atoms with van der Waals surface area (Å²) in [7, 11) is 0. The second kappa shape index (κ2) is 7.40. The van der Waals surface area contributed by atoms with E-state index in [0.29, 0.717) is 23.7 Å². The molecule has 4 N–H and O–H groups in total. The molecule has 1 atom stereocenters. The van der Waals surface area contributed by atoms with Gasteiger partial charge in [-0.25, -0.2) is 0 Å². The van der Waals surface area contributed by atoms with Crippen LogP contribution in [0.25, 0.3) is 0 Å². The molecular weight excluding hydrogens is 278 g/mol. The SMILES string of the molecule is CC(C)CC(=O)Nc1ccc(NC(=O)[C@@H](N)C(C)(C)C)cc1. The summed E-state index contributed by atoms with van der Waals surface area (Å²) < 4.78 is 0. The molecule has 5 heteroatoms. The predicted octanol–water partition coefficient (Wildman–Crippen LogP) is 2.98. The molecule has 0 unspecified atom stereocenters. The van der Waals surface area contributed by atoms with Gasteiger partial charge in [-0.3, -0.25) is 9.59 Å². The van der Waals surface area contributed by atoms with Gasteiger partial charge in [0, 0.05) is 17.8 Å². The van der Waals surface area contributed by atoms with E-state index in [1.54, 1.807) is 24.3 Å². The lowest BCUT2D eigenvalue weighted by molar-refractivity contribution is -0.119. The van der Waals surface area contributed by atoms with Crippen LogP contribution in [0.15, 0.2) is 24.3 Å². The fourth-order valence-electron chi connectivity index (χ4n) is 1.83. The molecule has 0 saturated heterocycles. The highest BCUT2D eigenvalue weighted by Gasteiger charge is 2.27. The molecule has 2 amide bonds. The largest absolute Gasteiger partial charge is 0.326 e. The molecule has 0 aliphatic heterocycles. The van der Waals surface area contributed by atoms with Gasteiger partial charge in [-0.2, -0.15) is 0 Å². The Labute approximate surface area is 132 Å². The first-order valence-corrected chi connectivity index (χ1v) is 7.56. The number of nitrogens with two attached hydrogens (primary N) is 1. The zero-order valence-corrected chi connectivity index (χ0v) is 14.1. The summed E-state index contributed by atoms with van der Waals surface area (Å²) in [5.41, 5.74) is 6.99. The van der Waals surface area contributed by atoms with Crippen molar-refractivity contribution in [3.63, 3.8) is 0 Å². The number of rotatable bonds is 5. The molecule has 0 spiro atoms. The van der Waals surface area contributed by atoms with Crippen molar-refractivity contribution in [3.05, 3.63) is 24.3 Å². The van der Waals surface area contributed by atoms with E-state index in [1.165, 1.54) is 0 Å². The topological polar surface area (TPSA) is 84.2 Å². The van der Waals surface area contributed by atoms with Gasteiger partial charge in [-0.05, 0) is 35.6 Å². The minimum atomic E-state index is -0.585. The second-order valence-corrected chi connectivity index (χ2v) is 7.06. The van der Waals surface area contributed by atoms with Crippen LogP contribution in [0.4, 0.5) is 11.4 Å². The third-order valence-corrected chi connectivity index (χ3v) is 3.25. The van der Waals surface area contributed by atoms with Crippen molar-refractivity contribution in [2.45, 2.75) is 47.1 Å². The van der Waals surface area contributed by atoms with Gasteiger partial charge in [-0.15, -0.1) is 0 Å². The molecule has 0 saturated carbocycles. The summed E-state index contributed by atoms with van der Waals surface area (Å²) in [6.45, 7) is 9.76. The number of amides is 2. The van der Waals surface area contributed by atoms with Gasteiger partial charge in [0.25, 0.3) is 0 Å². The summed E-state index contributed by atoms with van der Waals surface area (Å²) >= 11 is 0. The average molecular weight is 305 g/mol. The number of hydrogen-bond acceptors (Lipinski definition) is 3. The molecule has 0 aliphatic carbocycles.